The number of oxazole rings is 1. The molecular weight excluding hydrogens is 240 g/mol. The van der Waals surface area contributed by atoms with Gasteiger partial charge in [-0.15, -0.1) is 0 Å². The highest BCUT2D eigenvalue weighted by molar-refractivity contribution is 5.65. The van der Waals surface area contributed by atoms with E-state index in [-0.39, 0.29) is 6.10 Å². The second-order valence-corrected chi connectivity index (χ2v) is 4.75. The van der Waals surface area contributed by atoms with E-state index in [1.54, 1.807) is 6.26 Å². The maximum Gasteiger partial charge on any atom is 0.181 e. The molecule has 0 radical (unpaired) electrons. The van der Waals surface area contributed by atoms with Gasteiger partial charge in [-0.05, 0) is 37.6 Å². The van der Waals surface area contributed by atoms with Gasteiger partial charge in [-0.25, -0.2) is 4.98 Å². The molecule has 1 aliphatic rings. The average Bonchev–Trinajstić information content (AvgIpc) is 2.98. The summed E-state index contributed by atoms with van der Waals surface area (Å²) in [7, 11) is 1.97. The zero-order chi connectivity index (χ0) is 13.1. The van der Waals surface area contributed by atoms with Crippen LogP contribution in [0.5, 0.6) is 0 Å². The maximum atomic E-state index is 5.89. The van der Waals surface area contributed by atoms with Gasteiger partial charge in [0.05, 0.1) is 12.7 Å². The lowest BCUT2D eigenvalue weighted by Crippen LogP contribution is -2.21. The van der Waals surface area contributed by atoms with E-state index in [0.29, 0.717) is 0 Å². The highest BCUT2D eigenvalue weighted by Gasteiger charge is 2.23. The van der Waals surface area contributed by atoms with Crippen molar-refractivity contribution in [1.29, 1.82) is 0 Å². The number of fused-ring (bicyclic) bond motifs is 1. The number of aromatic nitrogens is 1. The summed E-state index contributed by atoms with van der Waals surface area (Å²) < 4.78 is 11.0. The van der Waals surface area contributed by atoms with Gasteiger partial charge in [0.1, 0.15) is 12.0 Å². The second-order valence-electron chi connectivity index (χ2n) is 4.75. The Morgan fingerprint density at radius 2 is 2.37 bits per heavy atom. The van der Waals surface area contributed by atoms with Gasteiger partial charge in [0.25, 0.3) is 0 Å². The Hall–Kier alpha value is -1.65. The molecule has 4 heteroatoms. The third kappa shape index (κ3) is 2.41. The summed E-state index contributed by atoms with van der Waals surface area (Å²) in [6.45, 7) is 1.73. The summed E-state index contributed by atoms with van der Waals surface area (Å²) >= 11 is 0. The molecule has 0 saturated carbocycles. The zero-order valence-corrected chi connectivity index (χ0v) is 11.1. The fourth-order valence-corrected chi connectivity index (χ4v) is 2.68. The van der Waals surface area contributed by atoms with Crippen molar-refractivity contribution in [2.75, 3.05) is 20.2 Å². The van der Waals surface area contributed by atoms with E-state index in [2.05, 4.69) is 28.5 Å². The molecule has 2 heterocycles. The van der Waals surface area contributed by atoms with Crippen LogP contribution in [-0.2, 0) is 11.2 Å². The highest BCUT2D eigenvalue weighted by Crippen LogP contribution is 2.35. The molecule has 0 unspecified atom stereocenters. The van der Waals surface area contributed by atoms with Crippen molar-refractivity contribution in [2.24, 2.45) is 0 Å². The van der Waals surface area contributed by atoms with E-state index in [1.165, 1.54) is 23.1 Å². The summed E-state index contributed by atoms with van der Waals surface area (Å²) in [6.07, 6.45) is 5.29. The third-order valence-electron chi connectivity index (χ3n) is 3.60. The molecule has 0 aliphatic carbocycles. The van der Waals surface area contributed by atoms with E-state index in [9.17, 15) is 0 Å². The first-order valence-corrected chi connectivity index (χ1v) is 6.66. The lowest BCUT2D eigenvalue weighted by Gasteiger charge is -2.27. The first kappa shape index (κ1) is 12.4. The van der Waals surface area contributed by atoms with Crippen LogP contribution in [0.2, 0.25) is 0 Å². The predicted molar refractivity (Wildman–Crippen MR) is 72.9 cm³/mol. The minimum absolute atomic E-state index is 0.183. The molecule has 1 aliphatic heterocycles. The summed E-state index contributed by atoms with van der Waals surface area (Å²) in [5.74, 6) is 0. The van der Waals surface area contributed by atoms with Crippen molar-refractivity contribution >= 4 is 0 Å². The van der Waals surface area contributed by atoms with Crippen LogP contribution in [0.15, 0.2) is 35.3 Å². The van der Waals surface area contributed by atoms with Crippen LogP contribution in [0.25, 0.3) is 11.3 Å². The lowest BCUT2D eigenvalue weighted by atomic mass is 9.90. The van der Waals surface area contributed by atoms with Crippen LogP contribution in [-0.4, -0.2) is 25.2 Å². The third-order valence-corrected chi connectivity index (χ3v) is 3.60. The number of nitrogens with one attached hydrogen (secondary N) is 1. The molecule has 0 fully saturated rings. The number of hydrogen-bond donors (Lipinski definition) is 1. The van der Waals surface area contributed by atoms with Crippen LogP contribution in [0.1, 0.15) is 23.7 Å². The molecule has 0 spiro atoms. The van der Waals surface area contributed by atoms with Crippen molar-refractivity contribution in [1.82, 2.24) is 10.3 Å². The van der Waals surface area contributed by atoms with Gasteiger partial charge < -0.3 is 14.5 Å². The van der Waals surface area contributed by atoms with E-state index < -0.39 is 0 Å². The van der Waals surface area contributed by atoms with Crippen molar-refractivity contribution in [2.45, 2.75) is 18.9 Å². The highest BCUT2D eigenvalue weighted by atomic mass is 16.5. The number of rotatable bonds is 4. The standard InChI is InChI=1S/C15H18N2O2/c1-16-7-5-15-13-4-2-3-12(11(13)6-8-19-15)14-9-18-10-17-14/h2-4,9-10,15-16H,5-8H2,1H3/t15-/m0/s1. The first-order chi connectivity index (χ1) is 9.40. The smallest absolute Gasteiger partial charge is 0.181 e. The van der Waals surface area contributed by atoms with Crippen LogP contribution in [0.4, 0.5) is 0 Å². The summed E-state index contributed by atoms with van der Waals surface area (Å²) in [5.41, 5.74) is 4.72. The van der Waals surface area contributed by atoms with Gasteiger partial charge in [-0.3, -0.25) is 0 Å². The Kier molecular flexibility index (Phi) is 3.62. The fourth-order valence-electron chi connectivity index (χ4n) is 2.68. The molecule has 1 atom stereocenters. The minimum Gasteiger partial charge on any atom is -0.451 e. The molecule has 0 amide bonds. The molecule has 0 bridgehead atoms. The Morgan fingerprint density at radius 1 is 1.42 bits per heavy atom. The maximum absolute atomic E-state index is 5.89. The lowest BCUT2D eigenvalue weighted by molar-refractivity contribution is 0.0372. The average molecular weight is 258 g/mol. The number of nitrogens with zero attached hydrogens (tertiary/aromatic N) is 1. The van der Waals surface area contributed by atoms with Crippen molar-refractivity contribution < 1.29 is 9.15 Å². The molecule has 4 nitrogen and oxygen atoms in total. The van der Waals surface area contributed by atoms with E-state index in [4.69, 9.17) is 9.15 Å². The van der Waals surface area contributed by atoms with Gasteiger partial charge in [-0.2, -0.15) is 0 Å². The first-order valence-electron chi connectivity index (χ1n) is 6.66. The van der Waals surface area contributed by atoms with Crippen LogP contribution in [0.3, 0.4) is 0 Å². The Morgan fingerprint density at radius 3 is 3.16 bits per heavy atom. The van der Waals surface area contributed by atoms with Crippen molar-refractivity contribution in [3.05, 3.63) is 42.0 Å². The van der Waals surface area contributed by atoms with Crippen LogP contribution >= 0.6 is 0 Å². The SMILES string of the molecule is CNCC[C@@H]1OCCc2c(-c3cocn3)cccc21. The monoisotopic (exact) mass is 258 g/mol. The molecule has 1 aromatic carbocycles. The van der Waals surface area contributed by atoms with Gasteiger partial charge >= 0.3 is 0 Å². The quantitative estimate of drug-likeness (QED) is 0.915. The number of benzene rings is 1. The topological polar surface area (TPSA) is 47.3 Å². The van der Waals surface area contributed by atoms with Crippen LogP contribution < -0.4 is 5.32 Å². The van der Waals surface area contributed by atoms with Gasteiger partial charge in [-0.1, -0.05) is 18.2 Å². The van der Waals surface area contributed by atoms with Crippen molar-refractivity contribution in [3.63, 3.8) is 0 Å². The van der Waals surface area contributed by atoms with Gasteiger partial charge in [0.15, 0.2) is 6.39 Å². The summed E-state index contributed by atoms with van der Waals surface area (Å²) in [6, 6.07) is 6.35. The molecule has 2 aromatic rings. The molecular formula is C15H18N2O2. The predicted octanol–water partition coefficient (Wildman–Crippen LogP) is 2.56. The van der Waals surface area contributed by atoms with E-state index >= 15 is 0 Å². The van der Waals surface area contributed by atoms with E-state index in [0.717, 1.165) is 31.7 Å². The Balaban J connectivity index is 1.97. The molecule has 19 heavy (non-hydrogen) atoms. The summed E-state index contributed by atoms with van der Waals surface area (Å²) in [4.78, 5) is 4.26. The Labute approximate surface area is 112 Å². The second kappa shape index (κ2) is 5.55. The zero-order valence-electron chi connectivity index (χ0n) is 11.1. The normalized spacial score (nSPS) is 18.3. The van der Waals surface area contributed by atoms with Crippen molar-refractivity contribution in [3.8, 4) is 11.3 Å². The number of ether oxygens (including phenoxy) is 1. The summed E-state index contributed by atoms with van der Waals surface area (Å²) in [5, 5.41) is 3.18. The van der Waals surface area contributed by atoms with Crippen LogP contribution in [0, 0.1) is 0 Å². The molecule has 1 aromatic heterocycles. The largest absolute Gasteiger partial charge is 0.451 e. The van der Waals surface area contributed by atoms with Gasteiger partial charge in [0, 0.05) is 5.56 Å². The Bertz CT molecular complexity index is 537. The fraction of sp³-hybridized carbons (Fsp3) is 0.400. The molecule has 0 saturated heterocycles. The molecule has 100 valence electrons. The van der Waals surface area contributed by atoms with Gasteiger partial charge in [0.2, 0.25) is 0 Å². The minimum atomic E-state index is 0.183. The molecule has 1 N–H and O–H groups in total. The van der Waals surface area contributed by atoms with E-state index in [1.807, 2.05) is 7.05 Å². The number of hydrogen-bond acceptors (Lipinski definition) is 4. The molecule has 3 rings (SSSR count).